The number of fused-ring (bicyclic) bond motifs is 5. The van der Waals surface area contributed by atoms with Crippen LogP contribution in [0.2, 0.25) is 0 Å². The van der Waals surface area contributed by atoms with E-state index in [1.54, 1.807) is 23.8 Å². The van der Waals surface area contributed by atoms with Crippen molar-refractivity contribution < 1.29 is 14.6 Å². The zero-order chi connectivity index (χ0) is 23.6. The van der Waals surface area contributed by atoms with Gasteiger partial charge in [0, 0.05) is 17.1 Å². The summed E-state index contributed by atoms with van der Waals surface area (Å²) in [6.45, 7) is 1.80. The van der Waals surface area contributed by atoms with Crippen LogP contribution >= 0.6 is 15.9 Å². The predicted molar refractivity (Wildman–Crippen MR) is 130 cm³/mol. The van der Waals surface area contributed by atoms with Crippen LogP contribution in [-0.4, -0.2) is 31.4 Å². The molecule has 1 aliphatic carbocycles. The van der Waals surface area contributed by atoms with Crippen molar-refractivity contribution >= 4 is 33.1 Å². The molecule has 1 N–H and O–H groups in total. The van der Waals surface area contributed by atoms with E-state index in [4.69, 9.17) is 9.72 Å². The molecule has 0 fully saturated rings. The van der Waals surface area contributed by atoms with Crippen LogP contribution < -0.4 is 5.56 Å². The van der Waals surface area contributed by atoms with Crippen molar-refractivity contribution in [3.8, 4) is 11.1 Å². The molecular weight excluding hydrogens is 498 g/mol. The van der Waals surface area contributed by atoms with Gasteiger partial charge in [0.05, 0.1) is 17.5 Å². The summed E-state index contributed by atoms with van der Waals surface area (Å²) in [5.74, 6) is 0.231. The van der Waals surface area contributed by atoms with Gasteiger partial charge in [0.15, 0.2) is 5.52 Å². The summed E-state index contributed by atoms with van der Waals surface area (Å²) < 4.78 is 8.11. The molecule has 0 amide bonds. The molecule has 2 aromatic heterocycles. The molecule has 6 rings (SSSR count). The Hall–Kier alpha value is -3.52. The van der Waals surface area contributed by atoms with Crippen LogP contribution in [0.25, 0.3) is 22.2 Å². The van der Waals surface area contributed by atoms with Crippen molar-refractivity contribution in [1.82, 2.24) is 14.5 Å². The molecule has 0 spiro atoms. The molecule has 2 aromatic carbocycles. The second kappa shape index (κ2) is 7.50. The molecule has 2 aliphatic rings. The van der Waals surface area contributed by atoms with Crippen molar-refractivity contribution in [3.63, 3.8) is 0 Å². The van der Waals surface area contributed by atoms with Gasteiger partial charge in [0.2, 0.25) is 0 Å². The summed E-state index contributed by atoms with van der Waals surface area (Å²) in [6.07, 6.45) is 1.27. The third-order valence-corrected chi connectivity index (χ3v) is 7.55. The van der Waals surface area contributed by atoms with Gasteiger partial charge in [0.25, 0.3) is 5.56 Å². The fraction of sp³-hybridized carbons (Fsp3) is 0.231. The van der Waals surface area contributed by atoms with Gasteiger partial charge in [-0.15, -0.1) is 0 Å². The quantitative estimate of drug-likeness (QED) is 0.370. The van der Waals surface area contributed by atoms with Crippen molar-refractivity contribution in [2.24, 2.45) is 0 Å². The first-order chi connectivity index (χ1) is 16.4. The number of carboxylic acid groups (broad SMARTS) is 1. The molecule has 2 atom stereocenters. The fourth-order valence-corrected chi connectivity index (χ4v) is 6.14. The number of halogens is 1. The molecule has 1 aliphatic heterocycles. The number of hydrogen-bond acceptors (Lipinski definition) is 5. The average molecular weight is 518 g/mol. The fourth-order valence-electron chi connectivity index (χ4n) is 5.82. The Labute approximate surface area is 203 Å². The van der Waals surface area contributed by atoms with Gasteiger partial charge in [0.1, 0.15) is 11.4 Å². The third kappa shape index (κ3) is 2.94. The second-order valence-corrected chi connectivity index (χ2v) is 9.85. The zero-order valence-electron chi connectivity index (χ0n) is 18.2. The van der Waals surface area contributed by atoms with E-state index < -0.39 is 17.8 Å². The van der Waals surface area contributed by atoms with Crippen molar-refractivity contribution in [1.29, 1.82) is 0 Å². The van der Waals surface area contributed by atoms with Crippen molar-refractivity contribution in [3.05, 3.63) is 92.6 Å². The first-order valence-electron chi connectivity index (χ1n) is 11.1. The number of aryl methyl sites for hydroxylation is 1. The highest BCUT2D eigenvalue weighted by atomic mass is 79.9. The SMILES string of the molecule is CC(OC(=O)O)(C1c2ccccc2-c2ccccc21)C1CCc2nc3cc(Br)cnc3c(=O)n21. The molecule has 170 valence electrons. The topological polar surface area (TPSA) is 94.3 Å². The van der Waals surface area contributed by atoms with Gasteiger partial charge < -0.3 is 9.84 Å². The zero-order valence-corrected chi connectivity index (χ0v) is 19.8. The summed E-state index contributed by atoms with van der Waals surface area (Å²) in [5, 5.41) is 9.84. The number of rotatable bonds is 3. The van der Waals surface area contributed by atoms with Crippen LogP contribution in [0.5, 0.6) is 0 Å². The molecule has 0 radical (unpaired) electrons. The minimum atomic E-state index is -1.37. The van der Waals surface area contributed by atoms with E-state index in [-0.39, 0.29) is 17.0 Å². The molecule has 2 unspecified atom stereocenters. The van der Waals surface area contributed by atoms with Crippen LogP contribution in [0.3, 0.4) is 0 Å². The Kier molecular flexibility index (Phi) is 4.64. The number of benzene rings is 2. The smallest absolute Gasteiger partial charge is 0.450 e. The highest BCUT2D eigenvalue weighted by molar-refractivity contribution is 9.10. The van der Waals surface area contributed by atoms with Gasteiger partial charge in [-0.05, 0) is 57.6 Å². The van der Waals surface area contributed by atoms with Crippen molar-refractivity contribution in [2.45, 2.75) is 37.3 Å². The number of aromatic nitrogens is 3. The Morgan fingerprint density at radius 1 is 1.15 bits per heavy atom. The highest BCUT2D eigenvalue weighted by Gasteiger charge is 2.53. The third-order valence-electron chi connectivity index (χ3n) is 7.11. The number of carbonyl (C=O) groups is 1. The van der Waals surface area contributed by atoms with Gasteiger partial charge >= 0.3 is 6.16 Å². The monoisotopic (exact) mass is 517 g/mol. The van der Waals surface area contributed by atoms with E-state index in [0.717, 1.165) is 26.7 Å². The second-order valence-electron chi connectivity index (χ2n) is 8.94. The molecule has 0 bridgehead atoms. The van der Waals surface area contributed by atoms with E-state index in [2.05, 4.69) is 20.9 Å². The highest BCUT2D eigenvalue weighted by Crippen LogP contribution is 2.55. The summed E-state index contributed by atoms with van der Waals surface area (Å²) in [5.41, 5.74) is 3.32. The molecular formula is C26H20BrN3O4. The summed E-state index contributed by atoms with van der Waals surface area (Å²) in [4.78, 5) is 34.7. The molecule has 0 saturated heterocycles. The van der Waals surface area contributed by atoms with Crippen molar-refractivity contribution in [2.75, 3.05) is 0 Å². The lowest BCUT2D eigenvalue weighted by molar-refractivity contribution is -0.0492. The average Bonchev–Trinajstić information content (AvgIpc) is 3.39. The van der Waals surface area contributed by atoms with E-state index in [1.165, 1.54) is 0 Å². The lowest BCUT2D eigenvalue weighted by Crippen LogP contribution is -2.47. The Bertz CT molecular complexity index is 1500. The Morgan fingerprint density at radius 3 is 2.44 bits per heavy atom. The largest absolute Gasteiger partial charge is 0.506 e. The summed E-state index contributed by atoms with van der Waals surface area (Å²) in [6, 6.07) is 17.2. The maximum absolute atomic E-state index is 13.6. The van der Waals surface area contributed by atoms with Crippen LogP contribution in [0.1, 0.15) is 42.3 Å². The van der Waals surface area contributed by atoms with Crippen LogP contribution in [0.4, 0.5) is 4.79 Å². The first-order valence-corrected chi connectivity index (χ1v) is 11.8. The molecule has 3 heterocycles. The maximum Gasteiger partial charge on any atom is 0.506 e. The molecule has 0 saturated carbocycles. The molecule has 7 nitrogen and oxygen atoms in total. The lowest BCUT2D eigenvalue weighted by Gasteiger charge is -2.40. The number of hydrogen-bond donors (Lipinski definition) is 1. The van der Waals surface area contributed by atoms with E-state index in [9.17, 15) is 14.7 Å². The minimum absolute atomic E-state index is 0.253. The van der Waals surface area contributed by atoms with Crippen LogP contribution in [0, 0.1) is 0 Å². The van der Waals surface area contributed by atoms with E-state index in [0.29, 0.717) is 24.2 Å². The normalized spacial score (nSPS) is 18.2. The van der Waals surface area contributed by atoms with E-state index >= 15 is 0 Å². The number of nitrogens with zero attached hydrogens (tertiary/aromatic N) is 3. The molecule has 34 heavy (non-hydrogen) atoms. The minimum Gasteiger partial charge on any atom is -0.450 e. The van der Waals surface area contributed by atoms with Gasteiger partial charge in [-0.2, -0.15) is 0 Å². The summed E-state index contributed by atoms with van der Waals surface area (Å²) in [7, 11) is 0. The number of ether oxygens (including phenoxy) is 1. The first kappa shape index (κ1) is 21.0. The van der Waals surface area contributed by atoms with Gasteiger partial charge in [-0.3, -0.25) is 9.36 Å². The van der Waals surface area contributed by atoms with Gasteiger partial charge in [-0.1, -0.05) is 48.5 Å². The Balaban J connectivity index is 1.59. The van der Waals surface area contributed by atoms with Crippen LogP contribution in [-0.2, 0) is 11.2 Å². The lowest BCUT2D eigenvalue weighted by atomic mass is 9.76. The molecule has 8 heteroatoms. The van der Waals surface area contributed by atoms with Gasteiger partial charge in [-0.25, -0.2) is 14.8 Å². The van der Waals surface area contributed by atoms with E-state index in [1.807, 2.05) is 48.5 Å². The standard InChI is InChI=1S/C26H20BrN3O4/c1-26(34-25(32)33,22-17-8-4-2-6-15(17)16-7-3-5-9-18(16)22)20-10-11-21-29-19-12-14(27)13-28-23(19)24(31)30(20)21/h2-9,12-13,20,22H,10-11H2,1H3,(H,32,33). The number of pyridine rings is 1. The summed E-state index contributed by atoms with van der Waals surface area (Å²) >= 11 is 3.39. The predicted octanol–water partition coefficient (Wildman–Crippen LogP) is 5.31. The maximum atomic E-state index is 13.6. The molecule has 4 aromatic rings. The van der Waals surface area contributed by atoms with Crippen LogP contribution in [0.15, 0.2) is 70.1 Å². The Morgan fingerprint density at radius 2 is 1.79 bits per heavy atom.